The van der Waals surface area contributed by atoms with Crippen LogP contribution in [0.4, 0.5) is 29.2 Å². The molecule has 0 aliphatic carbocycles. The molecule has 0 unspecified atom stereocenters. The second-order valence-electron chi connectivity index (χ2n) is 7.23. The molecule has 0 fully saturated rings. The standard InChI is InChI=1S/C26H21N7/c1-3-13-21(14-4-1)28-24-30-25(29-22-15-5-2-6-16-22)32-26(31-24)33-27-18-20-12-9-11-19-10-7-8-17-23(19)20/h1-18H,(H3,28,29,30,31,32,33)/b27-18+. The van der Waals surface area contributed by atoms with Crippen molar-refractivity contribution in [1.82, 2.24) is 15.0 Å². The molecule has 7 nitrogen and oxygen atoms in total. The molecular weight excluding hydrogens is 410 g/mol. The summed E-state index contributed by atoms with van der Waals surface area (Å²) in [7, 11) is 0. The predicted octanol–water partition coefficient (Wildman–Crippen LogP) is 5.96. The Kier molecular flexibility index (Phi) is 5.84. The molecule has 7 heteroatoms. The number of nitrogens with one attached hydrogen (secondary N) is 3. The maximum atomic E-state index is 4.49. The summed E-state index contributed by atoms with van der Waals surface area (Å²) in [6.45, 7) is 0. The van der Waals surface area contributed by atoms with E-state index in [-0.39, 0.29) is 0 Å². The number of anilines is 5. The summed E-state index contributed by atoms with van der Waals surface area (Å²) >= 11 is 0. The number of benzene rings is 4. The molecule has 0 aliphatic rings. The molecule has 0 aliphatic heterocycles. The van der Waals surface area contributed by atoms with Crippen LogP contribution in [0.25, 0.3) is 10.8 Å². The van der Waals surface area contributed by atoms with E-state index in [4.69, 9.17) is 0 Å². The molecule has 160 valence electrons. The van der Waals surface area contributed by atoms with Gasteiger partial charge in [-0.05, 0) is 35.0 Å². The minimum atomic E-state index is 0.318. The van der Waals surface area contributed by atoms with E-state index >= 15 is 0 Å². The van der Waals surface area contributed by atoms with Crippen molar-refractivity contribution in [3.05, 3.63) is 109 Å². The smallest absolute Gasteiger partial charge is 0.250 e. The molecule has 0 saturated heterocycles. The van der Waals surface area contributed by atoms with Gasteiger partial charge >= 0.3 is 0 Å². The molecule has 0 bridgehead atoms. The van der Waals surface area contributed by atoms with E-state index in [1.165, 1.54) is 0 Å². The minimum Gasteiger partial charge on any atom is -0.324 e. The van der Waals surface area contributed by atoms with Crippen LogP contribution in [0, 0.1) is 0 Å². The molecular formula is C26H21N7. The van der Waals surface area contributed by atoms with Crippen LogP contribution in [0.1, 0.15) is 5.56 Å². The zero-order chi connectivity index (χ0) is 22.3. The van der Waals surface area contributed by atoms with Crippen LogP contribution in [0.3, 0.4) is 0 Å². The topological polar surface area (TPSA) is 87.1 Å². The van der Waals surface area contributed by atoms with Crippen LogP contribution < -0.4 is 16.1 Å². The molecule has 5 aromatic rings. The van der Waals surface area contributed by atoms with Crippen LogP contribution >= 0.6 is 0 Å². The Morgan fingerprint density at radius 1 is 0.545 bits per heavy atom. The van der Waals surface area contributed by atoms with Gasteiger partial charge in [0.05, 0.1) is 6.21 Å². The largest absolute Gasteiger partial charge is 0.324 e. The summed E-state index contributed by atoms with van der Waals surface area (Å²) in [6.07, 6.45) is 1.76. The number of hydrazone groups is 1. The first-order chi connectivity index (χ1) is 16.3. The molecule has 0 saturated carbocycles. The number of hydrogen-bond acceptors (Lipinski definition) is 7. The van der Waals surface area contributed by atoms with E-state index < -0.39 is 0 Å². The monoisotopic (exact) mass is 431 g/mol. The SMILES string of the molecule is C(=N\Nc1nc(Nc2ccccc2)nc(Nc2ccccc2)n1)/c1cccc2ccccc12. The van der Waals surface area contributed by atoms with E-state index in [9.17, 15) is 0 Å². The van der Waals surface area contributed by atoms with Gasteiger partial charge in [0.25, 0.3) is 0 Å². The molecule has 33 heavy (non-hydrogen) atoms. The van der Waals surface area contributed by atoms with Crippen LogP contribution in [0.15, 0.2) is 108 Å². The summed E-state index contributed by atoms with van der Waals surface area (Å²) < 4.78 is 0. The van der Waals surface area contributed by atoms with Crippen molar-refractivity contribution < 1.29 is 0 Å². The number of hydrogen-bond donors (Lipinski definition) is 3. The van der Waals surface area contributed by atoms with Gasteiger partial charge in [-0.15, -0.1) is 0 Å². The molecule has 5 rings (SSSR count). The molecule has 0 amide bonds. The van der Waals surface area contributed by atoms with E-state index in [1.807, 2.05) is 84.9 Å². The van der Waals surface area contributed by atoms with Crippen molar-refractivity contribution >= 4 is 46.2 Å². The Bertz CT molecular complexity index is 1320. The molecule has 0 spiro atoms. The number of nitrogens with zero attached hydrogens (tertiary/aromatic N) is 4. The second kappa shape index (κ2) is 9.57. The Morgan fingerprint density at radius 2 is 1.09 bits per heavy atom. The quantitative estimate of drug-likeness (QED) is 0.218. The lowest BCUT2D eigenvalue weighted by atomic mass is 10.1. The number of para-hydroxylation sites is 2. The minimum absolute atomic E-state index is 0.318. The van der Waals surface area contributed by atoms with Crippen molar-refractivity contribution in [2.45, 2.75) is 0 Å². The number of aromatic nitrogens is 3. The zero-order valence-corrected chi connectivity index (χ0v) is 17.7. The maximum Gasteiger partial charge on any atom is 0.250 e. The first kappa shape index (κ1) is 20.1. The third kappa shape index (κ3) is 5.11. The number of rotatable bonds is 7. The molecule has 4 aromatic carbocycles. The lowest BCUT2D eigenvalue weighted by Crippen LogP contribution is -2.07. The fourth-order valence-corrected chi connectivity index (χ4v) is 3.36. The summed E-state index contributed by atoms with van der Waals surface area (Å²) in [5.74, 6) is 1.12. The average Bonchev–Trinajstić information content (AvgIpc) is 2.85. The van der Waals surface area contributed by atoms with Gasteiger partial charge < -0.3 is 10.6 Å². The molecule has 0 atom stereocenters. The zero-order valence-electron chi connectivity index (χ0n) is 17.7. The van der Waals surface area contributed by atoms with Crippen LogP contribution in [0.5, 0.6) is 0 Å². The normalized spacial score (nSPS) is 10.9. The molecule has 0 radical (unpaired) electrons. The Hall–Kier alpha value is -4.78. The van der Waals surface area contributed by atoms with Crippen molar-refractivity contribution in [2.24, 2.45) is 5.10 Å². The first-order valence-corrected chi connectivity index (χ1v) is 10.5. The van der Waals surface area contributed by atoms with Crippen molar-refractivity contribution in [1.29, 1.82) is 0 Å². The van der Waals surface area contributed by atoms with Gasteiger partial charge in [-0.1, -0.05) is 78.9 Å². The molecule has 1 heterocycles. The highest BCUT2D eigenvalue weighted by Gasteiger charge is 2.07. The highest BCUT2D eigenvalue weighted by atomic mass is 15.4. The molecule has 1 aromatic heterocycles. The van der Waals surface area contributed by atoms with E-state index in [1.54, 1.807) is 6.21 Å². The Balaban J connectivity index is 1.41. The summed E-state index contributed by atoms with van der Waals surface area (Å²) in [6, 6.07) is 33.8. The van der Waals surface area contributed by atoms with Crippen molar-refractivity contribution in [2.75, 3.05) is 16.1 Å². The lowest BCUT2D eigenvalue weighted by Gasteiger charge is -2.10. The third-order valence-corrected chi connectivity index (χ3v) is 4.89. The van der Waals surface area contributed by atoms with Gasteiger partial charge in [0.2, 0.25) is 17.8 Å². The van der Waals surface area contributed by atoms with Gasteiger partial charge in [0.1, 0.15) is 0 Å². The maximum absolute atomic E-state index is 4.49. The number of fused-ring (bicyclic) bond motifs is 1. The first-order valence-electron chi connectivity index (χ1n) is 10.5. The Morgan fingerprint density at radius 3 is 1.76 bits per heavy atom. The van der Waals surface area contributed by atoms with Gasteiger partial charge in [0, 0.05) is 16.9 Å². The summed E-state index contributed by atoms with van der Waals surface area (Å²) in [5, 5.41) is 13.1. The van der Waals surface area contributed by atoms with Gasteiger partial charge in [-0.25, -0.2) is 5.43 Å². The highest BCUT2D eigenvalue weighted by molar-refractivity contribution is 5.99. The predicted molar refractivity (Wildman–Crippen MR) is 134 cm³/mol. The fourth-order valence-electron chi connectivity index (χ4n) is 3.36. The van der Waals surface area contributed by atoms with Crippen molar-refractivity contribution in [3.63, 3.8) is 0 Å². The third-order valence-electron chi connectivity index (χ3n) is 4.89. The van der Waals surface area contributed by atoms with Gasteiger partial charge in [0.15, 0.2) is 0 Å². The lowest BCUT2D eigenvalue weighted by molar-refractivity contribution is 1.04. The fraction of sp³-hybridized carbons (Fsp3) is 0. The second-order valence-corrected chi connectivity index (χ2v) is 7.23. The van der Waals surface area contributed by atoms with Gasteiger partial charge in [-0.2, -0.15) is 20.1 Å². The highest BCUT2D eigenvalue weighted by Crippen LogP contribution is 2.19. The van der Waals surface area contributed by atoms with E-state index in [0.717, 1.165) is 27.7 Å². The van der Waals surface area contributed by atoms with Crippen LogP contribution in [0.2, 0.25) is 0 Å². The van der Waals surface area contributed by atoms with Crippen LogP contribution in [-0.2, 0) is 0 Å². The van der Waals surface area contributed by atoms with Crippen LogP contribution in [-0.4, -0.2) is 21.2 Å². The van der Waals surface area contributed by atoms with E-state index in [0.29, 0.717) is 17.8 Å². The molecule has 3 N–H and O–H groups in total. The summed E-state index contributed by atoms with van der Waals surface area (Å²) in [4.78, 5) is 13.4. The summed E-state index contributed by atoms with van der Waals surface area (Å²) in [5.41, 5.74) is 5.69. The average molecular weight is 432 g/mol. The van der Waals surface area contributed by atoms with Crippen molar-refractivity contribution in [3.8, 4) is 0 Å². The Labute approximate surface area is 191 Å². The van der Waals surface area contributed by atoms with Gasteiger partial charge in [-0.3, -0.25) is 0 Å². The van der Waals surface area contributed by atoms with E-state index in [2.05, 4.69) is 54.3 Å².